The lowest BCUT2D eigenvalue weighted by molar-refractivity contribution is -0.143. The van der Waals surface area contributed by atoms with Crippen LogP contribution in [0, 0.1) is 0 Å². The Hall–Kier alpha value is -2.18. The lowest BCUT2D eigenvalue weighted by Gasteiger charge is -2.13. The average molecular weight is 272 g/mol. The number of halogens is 2. The van der Waals surface area contributed by atoms with Crippen molar-refractivity contribution in [3.63, 3.8) is 0 Å². The molecule has 1 saturated carbocycles. The normalized spacial score (nSPS) is 23.7. The molecule has 0 radical (unpaired) electrons. The molecule has 7 heteroatoms. The number of carboxylic acid groups (broad SMARTS) is 1. The minimum atomic E-state index is -3.37. The van der Waals surface area contributed by atoms with E-state index in [0.717, 1.165) is 25.3 Å². The molecule has 1 atom stereocenters. The van der Waals surface area contributed by atoms with E-state index >= 15 is 0 Å². The van der Waals surface area contributed by atoms with Crippen LogP contribution in [-0.2, 0) is 14.9 Å². The molecule has 2 N–H and O–H groups in total. The average Bonchev–Trinajstić information content (AvgIpc) is 2.93. The number of hydrogen-bond donors (Lipinski definition) is 2. The predicted molar refractivity (Wildman–Crippen MR) is 58.3 cm³/mol. The number of carbonyl (C=O) groups is 2. The van der Waals surface area contributed by atoms with Crippen LogP contribution in [0.15, 0.2) is 18.2 Å². The zero-order chi connectivity index (χ0) is 14.4. The Morgan fingerprint density at radius 1 is 1.37 bits per heavy atom. The highest BCUT2D eigenvalue weighted by atomic mass is 19.3. The van der Waals surface area contributed by atoms with Gasteiger partial charge in [-0.1, -0.05) is 6.07 Å². The van der Waals surface area contributed by atoms with Gasteiger partial charge in [-0.3, -0.25) is 4.79 Å². The molecule has 19 heavy (non-hydrogen) atoms. The Bertz CT molecular complexity index is 569. The molecule has 1 fully saturated rings. The van der Waals surface area contributed by atoms with E-state index in [1.54, 1.807) is 0 Å². The number of benzene rings is 1. The van der Waals surface area contributed by atoms with Crippen molar-refractivity contribution in [3.8, 4) is 5.75 Å². The Balaban J connectivity index is 2.53. The first kappa shape index (κ1) is 13.3. The zero-order valence-corrected chi connectivity index (χ0v) is 9.81. The van der Waals surface area contributed by atoms with Crippen molar-refractivity contribution < 1.29 is 33.3 Å². The quantitative estimate of drug-likeness (QED) is 0.815. The largest absolute Gasteiger partial charge is 0.507 e. The summed E-state index contributed by atoms with van der Waals surface area (Å²) in [7, 11) is 1.06. The number of phenols is 1. The summed E-state index contributed by atoms with van der Waals surface area (Å²) in [6, 6.07) is 2.99. The molecule has 2 rings (SSSR count). The van der Waals surface area contributed by atoms with E-state index in [2.05, 4.69) is 4.74 Å². The lowest BCUT2D eigenvalue weighted by atomic mass is 9.93. The van der Waals surface area contributed by atoms with Gasteiger partial charge in [0.2, 0.25) is 0 Å². The maximum absolute atomic E-state index is 13.3. The summed E-state index contributed by atoms with van der Waals surface area (Å²) in [5.74, 6) is -6.42. The number of alkyl halides is 2. The summed E-state index contributed by atoms with van der Waals surface area (Å²) >= 11 is 0. The molecule has 1 aliphatic carbocycles. The molecule has 0 aromatic heterocycles. The van der Waals surface area contributed by atoms with E-state index < -0.39 is 35.4 Å². The highest BCUT2D eigenvalue weighted by Crippen LogP contribution is 2.62. The second-order valence-corrected chi connectivity index (χ2v) is 4.32. The van der Waals surface area contributed by atoms with Crippen LogP contribution in [0.2, 0.25) is 0 Å². The smallest absolute Gasteiger partial charge is 0.341 e. The number of carboxylic acids is 1. The fourth-order valence-electron chi connectivity index (χ4n) is 2.03. The molecular formula is C12H10F2O5. The van der Waals surface area contributed by atoms with Gasteiger partial charge in [0.1, 0.15) is 11.3 Å². The SMILES string of the molecule is COC(=O)c1cc(C2(C(=O)O)CC2(F)F)ccc1O. The van der Waals surface area contributed by atoms with Crippen molar-refractivity contribution in [1.82, 2.24) is 0 Å². The molecule has 1 aliphatic rings. The van der Waals surface area contributed by atoms with E-state index in [0.29, 0.717) is 0 Å². The molecule has 1 aromatic rings. The van der Waals surface area contributed by atoms with Gasteiger partial charge in [-0.15, -0.1) is 0 Å². The number of hydrogen-bond acceptors (Lipinski definition) is 4. The van der Waals surface area contributed by atoms with Crippen molar-refractivity contribution in [2.45, 2.75) is 17.8 Å². The Kier molecular flexibility index (Phi) is 2.73. The third-order valence-electron chi connectivity index (χ3n) is 3.25. The second-order valence-electron chi connectivity index (χ2n) is 4.32. The fourth-order valence-corrected chi connectivity index (χ4v) is 2.03. The number of esters is 1. The first-order valence-corrected chi connectivity index (χ1v) is 5.29. The number of phenolic OH excluding ortho intramolecular Hbond substituents is 1. The highest BCUT2D eigenvalue weighted by Gasteiger charge is 2.77. The van der Waals surface area contributed by atoms with Crippen LogP contribution in [0.5, 0.6) is 5.75 Å². The number of rotatable bonds is 3. The molecule has 0 saturated heterocycles. The molecular weight excluding hydrogens is 262 g/mol. The summed E-state index contributed by atoms with van der Waals surface area (Å²) in [4.78, 5) is 22.4. The summed E-state index contributed by atoms with van der Waals surface area (Å²) in [5.41, 5.74) is -2.91. The van der Waals surface area contributed by atoms with Crippen LogP contribution in [0.1, 0.15) is 22.3 Å². The van der Waals surface area contributed by atoms with Gasteiger partial charge < -0.3 is 14.9 Å². The van der Waals surface area contributed by atoms with Crippen LogP contribution < -0.4 is 0 Å². The zero-order valence-electron chi connectivity index (χ0n) is 9.81. The second kappa shape index (κ2) is 3.91. The molecule has 1 aromatic carbocycles. The molecule has 0 aliphatic heterocycles. The van der Waals surface area contributed by atoms with Crippen molar-refractivity contribution >= 4 is 11.9 Å². The van der Waals surface area contributed by atoms with Crippen molar-refractivity contribution in [1.29, 1.82) is 0 Å². The van der Waals surface area contributed by atoms with E-state index in [-0.39, 0.29) is 11.1 Å². The molecule has 0 bridgehead atoms. The van der Waals surface area contributed by atoms with E-state index in [1.165, 1.54) is 0 Å². The van der Waals surface area contributed by atoms with Crippen LogP contribution in [0.25, 0.3) is 0 Å². The summed E-state index contributed by atoms with van der Waals surface area (Å²) in [5, 5.41) is 18.4. The van der Waals surface area contributed by atoms with Gasteiger partial charge in [-0.2, -0.15) is 0 Å². The maximum Gasteiger partial charge on any atom is 0.341 e. The standard InChI is InChI=1S/C12H10F2O5/c1-19-9(16)7-4-6(2-3-8(7)15)11(10(17)18)5-12(11,13)14/h2-4,15H,5H2,1H3,(H,17,18). The number of ether oxygens (including phenoxy) is 1. The van der Waals surface area contributed by atoms with Gasteiger partial charge >= 0.3 is 11.9 Å². The number of aliphatic carboxylic acids is 1. The van der Waals surface area contributed by atoms with Gasteiger partial charge in [0.25, 0.3) is 5.92 Å². The molecule has 0 spiro atoms. The monoisotopic (exact) mass is 272 g/mol. The van der Waals surface area contributed by atoms with Gasteiger partial charge in [-0.25, -0.2) is 13.6 Å². The Morgan fingerprint density at radius 3 is 2.37 bits per heavy atom. The van der Waals surface area contributed by atoms with Crippen molar-refractivity contribution in [2.24, 2.45) is 0 Å². The first-order chi connectivity index (χ1) is 8.76. The Morgan fingerprint density at radius 2 is 1.95 bits per heavy atom. The summed E-state index contributed by atoms with van der Waals surface area (Å²) in [6.45, 7) is 0. The number of aromatic hydroxyl groups is 1. The molecule has 5 nitrogen and oxygen atoms in total. The minimum absolute atomic E-state index is 0.233. The minimum Gasteiger partial charge on any atom is -0.507 e. The molecule has 0 heterocycles. The predicted octanol–water partition coefficient (Wildman–Crippen LogP) is 1.54. The van der Waals surface area contributed by atoms with E-state index in [4.69, 9.17) is 5.11 Å². The lowest BCUT2D eigenvalue weighted by Crippen LogP contribution is -2.27. The van der Waals surface area contributed by atoms with Crippen LogP contribution in [0.4, 0.5) is 8.78 Å². The topological polar surface area (TPSA) is 83.8 Å². The molecule has 1 unspecified atom stereocenters. The maximum atomic E-state index is 13.3. The molecule has 102 valence electrons. The molecule has 0 amide bonds. The number of methoxy groups -OCH3 is 1. The van der Waals surface area contributed by atoms with Crippen LogP contribution >= 0.6 is 0 Å². The number of carbonyl (C=O) groups excluding carboxylic acids is 1. The van der Waals surface area contributed by atoms with Crippen LogP contribution in [0.3, 0.4) is 0 Å². The van der Waals surface area contributed by atoms with Crippen molar-refractivity contribution in [3.05, 3.63) is 29.3 Å². The van der Waals surface area contributed by atoms with Gasteiger partial charge in [-0.05, 0) is 17.7 Å². The van der Waals surface area contributed by atoms with Crippen LogP contribution in [-0.4, -0.2) is 35.2 Å². The fraction of sp³-hybridized carbons (Fsp3) is 0.333. The van der Waals surface area contributed by atoms with Gasteiger partial charge in [0, 0.05) is 6.42 Å². The third-order valence-corrected chi connectivity index (χ3v) is 3.25. The van der Waals surface area contributed by atoms with Crippen molar-refractivity contribution in [2.75, 3.05) is 7.11 Å². The van der Waals surface area contributed by atoms with E-state index in [9.17, 15) is 23.5 Å². The van der Waals surface area contributed by atoms with Gasteiger partial charge in [0.05, 0.1) is 7.11 Å². The highest BCUT2D eigenvalue weighted by molar-refractivity contribution is 5.94. The van der Waals surface area contributed by atoms with Gasteiger partial charge in [0.15, 0.2) is 5.41 Å². The third kappa shape index (κ3) is 1.73. The Labute approximate surface area is 106 Å². The summed E-state index contributed by atoms with van der Waals surface area (Å²) < 4.78 is 31.1. The first-order valence-electron chi connectivity index (χ1n) is 5.29. The summed E-state index contributed by atoms with van der Waals surface area (Å²) in [6.07, 6.45) is -0.833. The van der Waals surface area contributed by atoms with E-state index in [1.807, 2.05) is 0 Å².